The molecular weight excluding hydrogens is 238 g/mol. The molecule has 0 amide bonds. The van der Waals surface area contributed by atoms with Crippen LogP contribution in [0.5, 0.6) is 5.75 Å². The van der Waals surface area contributed by atoms with E-state index in [0.29, 0.717) is 0 Å². The summed E-state index contributed by atoms with van der Waals surface area (Å²) < 4.78 is 11.6. The van der Waals surface area contributed by atoms with Gasteiger partial charge in [0.25, 0.3) is 0 Å². The molecule has 2 aromatic rings. The average Bonchev–Trinajstić information content (AvgIpc) is 2.74. The van der Waals surface area contributed by atoms with Gasteiger partial charge in [-0.25, -0.2) is 0 Å². The van der Waals surface area contributed by atoms with E-state index in [1.165, 1.54) is 5.56 Å². The third-order valence-electron chi connectivity index (χ3n) is 3.32. The molecule has 3 nitrogen and oxygen atoms in total. The van der Waals surface area contributed by atoms with Crippen LogP contribution in [0.1, 0.15) is 44.6 Å². The molecule has 0 aliphatic carbocycles. The Kier molecular flexibility index (Phi) is 4.48. The molecule has 1 aromatic heterocycles. The first-order valence-corrected chi connectivity index (χ1v) is 7.06. The molecular formula is C16H23NO2. The van der Waals surface area contributed by atoms with Crippen molar-refractivity contribution in [1.29, 1.82) is 0 Å². The zero-order valence-electron chi connectivity index (χ0n) is 12.2. The Bertz CT molecular complexity index is 545. The maximum absolute atomic E-state index is 5.95. The predicted octanol–water partition coefficient (Wildman–Crippen LogP) is 4.20. The van der Waals surface area contributed by atoms with Crippen LogP contribution in [0.2, 0.25) is 0 Å². The summed E-state index contributed by atoms with van der Waals surface area (Å²) in [5, 5.41) is 4.53. The molecule has 1 atom stereocenters. The molecule has 2 rings (SSSR count). The number of aryl methyl sites for hydroxylation is 1. The van der Waals surface area contributed by atoms with Crippen LogP contribution in [-0.2, 0) is 0 Å². The fourth-order valence-electron chi connectivity index (χ4n) is 2.34. The summed E-state index contributed by atoms with van der Waals surface area (Å²) in [5.41, 5.74) is 2.13. The Hall–Kier alpha value is -1.48. The maximum Gasteiger partial charge on any atom is 0.134 e. The number of hydrogen-bond acceptors (Lipinski definition) is 3. The van der Waals surface area contributed by atoms with Gasteiger partial charge in [-0.15, -0.1) is 0 Å². The van der Waals surface area contributed by atoms with Gasteiger partial charge in [-0.3, -0.25) is 0 Å². The minimum Gasteiger partial charge on any atom is -0.494 e. The van der Waals surface area contributed by atoms with Gasteiger partial charge in [0.15, 0.2) is 0 Å². The average molecular weight is 261 g/mol. The molecule has 1 unspecified atom stereocenters. The predicted molar refractivity (Wildman–Crippen MR) is 78.8 cm³/mol. The summed E-state index contributed by atoms with van der Waals surface area (Å²) in [4.78, 5) is 0. The van der Waals surface area contributed by atoms with Gasteiger partial charge in [-0.2, -0.15) is 0 Å². The third kappa shape index (κ3) is 2.92. The maximum atomic E-state index is 5.95. The summed E-state index contributed by atoms with van der Waals surface area (Å²) in [6, 6.07) is 6.28. The molecule has 0 bridgehead atoms. The lowest BCUT2D eigenvalue weighted by Gasteiger charge is -2.09. The first-order chi connectivity index (χ1) is 9.17. The summed E-state index contributed by atoms with van der Waals surface area (Å²) in [7, 11) is 0. The second-order valence-corrected chi connectivity index (χ2v) is 4.88. The number of hydrogen-bond donors (Lipinski definition) is 1. The molecule has 3 heteroatoms. The Morgan fingerprint density at radius 2 is 2.11 bits per heavy atom. The molecule has 0 fully saturated rings. The number of ether oxygens (including phenoxy) is 1. The van der Waals surface area contributed by atoms with Crippen molar-refractivity contribution in [3.05, 3.63) is 29.5 Å². The van der Waals surface area contributed by atoms with Crippen LogP contribution in [0.3, 0.4) is 0 Å². The highest BCUT2D eigenvalue weighted by atomic mass is 16.5. The molecule has 0 saturated carbocycles. The van der Waals surface area contributed by atoms with Gasteiger partial charge in [0.1, 0.15) is 17.1 Å². The molecule has 1 aromatic carbocycles. The van der Waals surface area contributed by atoms with Gasteiger partial charge in [0.05, 0.1) is 12.6 Å². The second kappa shape index (κ2) is 6.11. The van der Waals surface area contributed by atoms with Crippen molar-refractivity contribution in [1.82, 2.24) is 5.32 Å². The van der Waals surface area contributed by atoms with Crippen LogP contribution in [0.4, 0.5) is 0 Å². The Morgan fingerprint density at radius 3 is 2.79 bits per heavy atom. The van der Waals surface area contributed by atoms with Crippen molar-refractivity contribution in [2.24, 2.45) is 0 Å². The zero-order valence-corrected chi connectivity index (χ0v) is 12.2. The van der Waals surface area contributed by atoms with E-state index in [1.807, 2.05) is 12.1 Å². The van der Waals surface area contributed by atoms with Crippen molar-refractivity contribution in [3.63, 3.8) is 0 Å². The quantitative estimate of drug-likeness (QED) is 0.846. The summed E-state index contributed by atoms with van der Waals surface area (Å²) in [6.07, 6.45) is 1.02. The van der Waals surface area contributed by atoms with E-state index in [-0.39, 0.29) is 6.04 Å². The number of furan rings is 1. The number of rotatable bonds is 6. The van der Waals surface area contributed by atoms with Gasteiger partial charge in [0.2, 0.25) is 0 Å². The van der Waals surface area contributed by atoms with Gasteiger partial charge >= 0.3 is 0 Å². The topological polar surface area (TPSA) is 34.4 Å². The number of fused-ring (bicyclic) bond motifs is 1. The van der Waals surface area contributed by atoms with E-state index in [4.69, 9.17) is 9.15 Å². The van der Waals surface area contributed by atoms with E-state index in [2.05, 4.69) is 39.1 Å². The molecule has 19 heavy (non-hydrogen) atoms. The van der Waals surface area contributed by atoms with Crippen molar-refractivity contribution < 1.29 is 9.15 Å². The number of nitrogens with one attached hydrogen (secondary N) is 1. The summed E-state index contributed by atoms with van der Waals surface area (Å²) >= 11 is 0. The lowest BCUT2D eigenvalue weighted by Crippen LogP contribution is -2.17. The SMILES string of the molecule is CCCOc1ccc2oc(C(C)NCC)c(C)c2c1. The molecule has 0 saturated heterocycles. The van der Waals surface area contributed by atoms with Gasteiger partial charge < -0.3 is 14.5 Å². The summed E-state index contributed by atoms with van der Waals surface area (Å²) in [5.74, 6) is 1.94. The zero-order chi connectivity index (χ0) is 13.8. The molecule has 1 heterocycles. The monoisotopic (exact) mass is 261 g/mol. The fraction of sp³-hybridized carbons (Fsp3) is 0.500. The van der Waals surface area contributed by atoms with Crippen molar-refractivity contribution in [3.8, 4) is 5.75 Å². The number of benzene rings is 1. The normalized spacial score (nSPS) is 12.8. The van der Waals surface area contributed by atoms with Crippen LogP contribution in [0, 0.1) is 6.92 Å². The van der Waals surface area contributed by atoms with Crippen LogP contribution < -0.4 is 10.1 Å². The van der Waals surface area contributed by atoms with Gasteiger partial charge in [-0.1, -0.05) is 13.8 Å². The van der Waals surface area contributed by atoms with E-state index in [0.717, 1.165) is 42.1 Å². The highest BCUT2D eigenvalue weighted by molar-refractivity contribution is 5.83. The smallest absolute Gasteiger partial charge is 0.134 e. The minimum atomic E-state index is 0.234. The second-order valence-electron chi connectivity index (χ2n) is 4.88. The van der Waals surface area contributed by atoms with Gasteiger partial charge in [0, 0.05) is 10.9 Å². The van der Waals surface area contributed by atoms with Gasteiger partial charge in [-0.05, 0) is 45.0 Å². The Morgan fingerprint density at radius 1 is 1.32 bits per heavy atom. The molecule has 0 aliphatic rings. The molecule has 104 valence electrons. The molecule has 0 radical (unpaired) electrons. The van der Waals surface area contributed by atoms with Crippen LogP contribution in [0.25, 0.3) is 11.0 Å². The Labute approximate surface area is 114 Å². The van der Waals surface area contributed by atoms with Crippen molar-refractivity contribution in [2.45, 2.75) is 40.2 Å². The minimum absolute atomic E-state index is 0.234. The standard InChI is InChI=1S/C16H23NO2/c1-5-9-18-13-7-8-15-14(10-13)11(3)16(19-15)12(4)17-6-2/h7-8,10,12,17H,5-6,9H2,1-4H3. The van der Waals surface area contributed by atoms with E-state index in [9.17, 15) is 0 Å². The first-order valence-electron chi connectivity index (χ1n) is 7.06. The van der Waals surface area contributed by atoms with E-state index < -0.39 is 0 Å². The summed E-state index contributed by atoms with van der Waals surface area (Å²) in [6.45, 7) is 10.1. The van der Waals surface area contributed by atoms with Crippen molar-refractivity contribution in [2.75, 3.05) is 13.2 Å². The van der Waals surface area contributed by atoms with E-state index >= 15 is 0 Å². The van der Waals surface area contributed by atoms with Crippen molar-refractivity contribution >= 4 is 11.0 Å². The van der Waals surface area contributed by atoms with E-state index in [1.54, 1.807) is 0 Å². The largest absolute Gasteiger partial charge is 0.494 e. The lowest BCUT2D eigenvalue weighted by atomic mass is 10.1. The molecule has 1 N–H and O–H groups in total. The molecule has 0 aliphatic heterocycles. The highest BCUT2D eigenvalue weighted by Crippen LogP contribution is 2.31. The van der Waals surface area contributed by atoms with Crippen LogP contribution >= 0.6 is 0 Å². The highest BCUT2D eigenvalue weighted by Gasteiger charge is 2.16. The Balaban J connectivity index is 2.34. The first kappa shape index (κ1) is 13.9. The lowest BCUT2D eigenvalue weighted by molar-refractivity contribution is 0.318. The molecule has 0 spiro atoms. The third-order valence-corrected chi connectivity index (χ3v) is 3.32. The van der Waals surface area contributed by atoms with Crippen LogP contribution in [0.15, 0.2) is 22.6 Å². The van der Waals surface area contributed by atoms with Crippen LogP contribution in [-0.4, -0.2) is 13.2 Å². The fourth-order valence-corrected chi connectivity index (χ4v) is 2.34.